The standard InChI is InChI=1S/C23H27F3N2O2/c1-16(29)28-13-12-22(17-4-8-20(9-5-17)27(2)3)18(14-28)15-30-21-10-6-19(7-11-21)23(24,25)26/h4-11,18,22H,12-15H2,1-3H3/t18-,22-/m0/s1. The van der Waals surface area contributed by atoms with Gasteiger partial charge in [0.25, 0.3) is 0 Å². The number of ether oxygens (including phenoxy) is 1. The molecule has 2 atom stereocenters. The number of anilines is 1. The van der Waals surface area contributed by atoms with Crippen LogP contribution in [0.2, 0.25) is 0 Å². The number of benzene rings is 2. The summed E-state index contributed by atoms with van der Waals surface area (Å²) in [5, 5.41) is 0. The molecule has 0 spiro atoms. The van der Waals surface area contributed by atoms with Crippen LogP contribution in [0.25, 0.3) is 0 Å². The molecule has 30 heavy (non-hydrogen) atoms. The van der Waals surface area contributed by atoms with E-state index in [1.165, 1.54) is 17.7 Å². The van der Waals surface area contributed by atoms with Gasteiger partial charge in [-0.05, 0) is 54.3 Å². The highest BCUT2D eigenvalue weighted by atomic mass is 19.4. The monoisotopic (exact) mass is 420 g/mol. The minimum atomic E-state index is -4.37. The third-order valence-electron chi connectivity index (χ3n) is 5.66. The molecule has 0 unspecified atom stereocenters. The molecular weight excluding hydrogens is 393 g/mol. The molecule has 1 amide bonds. The predicted octanol–water partition coefficient (Wildman–Crippen LogP) is 4.80. The second kappa shape index (κ2) is 8.98. The maximum Gasteiger partial charge on any atom is 0.416 e. The number of nitrogens with zero attached hydrogens (tertiary/aromatic N) is 2. The molecule has 0 N–H and O–H groups in total. The van der Waals surface area contributed by atoms with E-state index in [-0.39, 0.29) is 17.7 Å². The summed E-state index contributed by atoms with van der Waals surface area (Å²) >= 11 is 0. The van der Waals surface area contributed by atoms with Crippen LogP contribution in [0.1, 0.15) is 30.4 Å². The van der Waals surface area contributed by atoms with Gasteiger partial charge in [-0.15, -0.1) is 0 Å². The Balaban J connectivity index is 1.73. The second-order valence-electron chi connectivity index (χ2n) is 7.94. The van der Waals surface area contributed by atoms with Crippen molar-refractivity contribution in [1.82, 2.24) is 4.90 Å². The molecular formula is C23H27F3N2O2. The van der Waals surface area contributed by atoms with Gasteiger partial charge in [-0.2, -0.15) is 13.2 Å². The molecule has 4 nitrogen and oxygen atoms in total. The molecule has 1 saturated heterocycles. The van der Waals surface area contributed by atoms with E-state index in [2.05, 4.69) is 24.3 Å². The minimum absolute atomic E-state index is 0.0240. The third kappa shape index (κ3) is 5.26. The lowest BCUT2D eigenvalue weighted by Gasteiger charge is -2.38. The summed E-state index contributed by atoms with van der Waals surface area (Å²) in [6.45, 7) is 3.14. The van der Waals surface area contributed by atoms with E-state index < -0.39 is 11.7 Å². The number of rotatable bonds is 5. The average molecular weight is 420 g/mol. The Bertz CT molecular complexity index is 848. The Morgan fingerprint density at radius 1 is 1.10 bits per heavy atom. The first kappa shape index (κ1) is 22.0. The van der Waals surface area contributed by atoms with Gasteiger partial charge in [-0.3, -0.25) is 4.79 Å². The summed E-state index contributed by atoms with van der Waals surface area (Å²) in [4.78, 5) is 15.7. The van der Waals surface area contributed by atoms with Crippen LogP contribution < -0.4 is 9.64 Å². The molecule has 0 aromatic heterocycles. The molecule has 1 aliphatic heterocycles. The first-order chi connectivity index (χ1) is 14.1. The Kier molecular flexibility index (Phi) is 6.58. The van der Waals surface area contributed by atoms with Crippen molar-refractivity contribution < 1.29 is 22.7 Å². The van der Waals surface area contributed by atoms with Crippen molar-refractivity contribution in [3.63, 3.8) is 0 Å². The lowest BCUT2D eigenvalue weighted by atomic mass is 9.80. The fourth-order valence-electron chi connectivity index (χ4n) is 3.89. The van der Waals surface area contributed by atoms with E-state index in [4.69, 9.17) is 4.74 Å². The molecule has 1 heterocycles. The van der Waals surface area contributed by atoms with Gasteiger partial charge in [0.15, 0.2) is 0 Å². The molecule has 2 aromatic carbocycles. The van der Waals surface area contributed by atoms with Gasteiger partial charge >= 0.3 is 6.18 Å². The van der Waals surface area contributed by atoms with E-state index in [0.717, 1.165) is 24.2 Å². The van der Waals surface area contributed by atoms with E-state index in [0.29, 0.717) is 25.4 Å². The topological polar surface area (TPSA) is 32.8 Å². The number of alkyl halides is 3. The van der Waals surface area contributed by atoms with Gasteiger partial charge < -0.3 is 14.5 Å². The van der Waals surface area contributed by atoms with E-state index >= 15 is 0 Å². The van der Waals surface area contributed by atoms with E-state index in [1.54, 1.807) is 6.92 Å². The minimum Gasteiger partial charge on any atom is -0.493 e. The zero-order chi connectivity index (χ0) is 21.9. The summed E-state index contributed by atoms with van der Waals surface area (Å²) in [6, 6.07) is 13.1. The molecule has 0 saturated carbocycles. The molecule has 7 heteroatoms. The fraction of sp³-hybridized carbons (Fsp3) is 0.435. The van der Waals surface area contributed by atoms with Crippen molar-refractivity contribution in [2.45, 2.75) is 25.4 Å². The molecule has 0 aliphatic carbocycles. The van der Waals surface area contributed by atoms with Gasteiger partial charge in [0.05, 0.1) is 12.2 Å². The highest BCUT2D eigenvalue weighted by Gasteiger charge is 2.33. The van der Waals surface area contributed by atoms with Crippen molar-refractivity contribution in [3.05, 3.63) is 59.7 Å². The van der Waals surface area contributed by atoms with Crippen LogP contribution in [0.3, 0.4) is 0 Å². The Morgan fingerprint density at radius 2 is 1.73 bits per heavy atom. The maximum absolute atomic E-state index is 12.8. The van der Waals surface area contributed by atoms with E-state index in [1.807, 2.05) is 23.9 Å². The van der Waals surface area contributed by atoms with Crippen molar-refractivity contribution in [3.8, 4) is 5.75 Å². The molecule has 0 radical (unpaired) electrons. The Morgan fingerprint density at radius 3 is 2.27 bits per heavy atom. The first-order valence-corrected chi connectivity index (χ1v) is 9.98. The highest BCUT2D eigenvalue weighted by molar-refractivity contribution is 5.73. The number of hydrogen-bond acceptors (Lipinski definition) is 3. The maximum atomic E-state index is 12.8. The summed E-state index contributed by atoms with van der Waals surface area (Å²) in [5.74, 6) is 0.682. The molecule has 162 valence electrons. The molecule has 0 bridgehead atoms. The van der Waals surface area contributed by atoms with Crippen LogP contribution in [-0.2, 0) is 11.0 Å². The Labute approximate surface area is 175 Å². The van der Waals surface area contributed by atoms with Crippen LogP contribution in [0.5, 0.6) is 5.75 Å². The zero-order valence-corrected chi connectivity index (χ0v) is 17.4. The number of amides is 1. The fourth-order valence-corrected chi connectivity index (χ4v) is 3.89. The number of hydrogen-bond donors (Lipinski definition) is 0. The normalized spacial score (nSPS) is 19.5. The van der Waals surface area contributed by atoms with Crippen molar-refractivity contribution in [2.24, 2.45) is 5.92 Å². The van der Waals surface area contributed by atoms with Crippen LogP contribution in [0.4, 0.5) is 18.9 Å². The van der Waals surface area contributed by atoms with Gasteiger partial charge in [0, 0.05) is 45.7 Å². The molecule has 1 fully saturated rings. The van der Waals surface area contributed by atoms with Crippen molar-refractivity contribution in [2.75, 3.05) is 38.7 Å². The zero-order valence-electron chi connectivity index (χ0n) is 17.4. The number of carbonyl (C=O) groups is 1. The summed E-state index contributed by atoms with van der Waals surface area (Å²) in [7, 11) is 3.97. The smallest absolute Gasteiger partial charge is 0.416 e. The van der Waals surface area contributed by atoms with Crippen LogP contribution >= 0.6 is 0 Å². The number of likely N-dealkylation sites (tertiary alicyclic amines) is 1. The van der Waals surface area contributed by atoms with Gasteiger partial charge in [-0.1, -0.05) is 12.1 Å². The highest BCUT2D eigenvalue weighted by Crippen LogP contribution is 2.35. The van der Waals surface area contributed by atoms with Crippen molar-refractivity contribution >= 4 is 11.6 Å². The van der Waals surface area contributed by atoms with Crippen LogP contribution in [-0.4, -0.2) is 44.6 Å². The summed E-state index contributed by atoms with van der Waals surface area (Å²) < 4.78 is 44.1. The molecule has 1 aliphatic rings. The molecule has 3 rings (SSSR count). The quantitative estimate of drug-likeness (QED) is 0.697. The third-order valence-corrected chi connectivity index (χ3v) is 5.66. The predicted molar refractivity (Wildman–Crippen MR) is 111 cm³/mol. The van der Waals surface area contributed by atoms with Crippen molar-refractivity contribution in [1.29, 1.82) is 0 Å². The molecule has 2 aromatic rings. The van der Waals surface area contributed by atoms with Crippen LogP contribution in [0, 0.1) is 5.92 Å². The van der Waals surface area contributed by atoms with E-state index in [9.17, 15) is 18.0 Å². The van der Waals surface area contributed by atoms with Gasteiger partial charge in [0.1, 0.15) is 5.75 Å². The summed E-state index contributed by atoms with van der Waals surface area (Å²) in [6.07, 6.45) is -3.55. The first-order valence-electron chi connectivity index (χ1n) is 9.98. The van der Waals surface area contributed by atoms with Gasteiger partial charge in [0.2, 0.25) is 5.91 Å². The second-order valence-corrected chi connectivity index (χ2v) is 7.94. The SMILES string of the molecule is CC(=O)N1CC[C@@H](c2ccc(N(C)C)cc2)[C@H](COc2ccc(C(F)(F)F)cc2)C1. The number of carbonyl (C=O) groups excluding carboxylic acids is 1. The lowest BCUT2D eigenvalue weighted by molar-refractivity contribution is -0.137. The number of halogens is 3. The number of piperidine rings is 1. The Hall–Kier alpha value is -2.70. The van der Waals surface area contributed by atoms with Crippen LogP contribution in [0.15, 0.2) is 48.5 Å². The average Bonchev–Trinajstić information content (AvgIpc) is 2.71. The van der Waals surface area contributed by atoms with Gasteiger partial charge in [-0.25, -0.2) is 0 Å². The lowest BCUT2D eigenvalue weighted by Crippen LogP contribution is -2.44. The summed E-state index contributed by atoms with van der Waals surface area (Å²) in [5.41, 5.74) is 1.59. The largest absolute Gasteiger partial charge is 0.493 e.